The minimum absolute atomic E-state index is 0.199. The summed E-state index contributed by atoms with van der Waals surface area (Å²) < 4.78 is 7.51. The van der Waals surface area contributed by atoms with Gasteiger partial charge in [0, 0.05) is 24.0 Å². The van der Waals surface area contributed by atoms with Crippen LogP contribution in [0.1, 0.15) is 34.2 Å². The first-order chi connectivity index (χ1) is 12.7. The molecule has 0 spiro atoms. The minimum Gasteiger partial charge on any atom is -0.443 e. The van der Waals surface area contributed by atoms with Crippen molar-refractivity contribution < 1.29 is 14.3 Å². The minimum atomic E-state index is -0.955. The molecular formula is C20H18N2O3S. The Bertz CT molecular complexity index is 898. The number of nitrogens with one attached hydrogen (secondary N) is 1. The van der Waals surface area contributed by atoms with Crippen molar-refractivity contribution in [2.24, 2.45) is 0 Å². The molecule has 26 heavy (non-hydrogen) atoms. The zero-order chi connectivity index (χ0) is 17.9. The van der Waals surface area contributed by atoms with Gasteiger partial charge in [-0.2, -0.15) is 0 Å². The fourth-order valence-electron chi connectivity index (χ4n) is 2.72. The molecule has 0 bridgehead atoms. The number of nitrogens with zero attached hydrogens (tertiary/aromatic N) is 1. The van der Waals surface area contributed by atoms with Crippen molar-refractivity contribution in [3.05, 3.63) is 76.7 Å². The fraction of sp³-hybridized carbons (Fsp3) is 0.200. The number of hydrogen-bond donors (Lipinski definition) is 1. The predicted molar refractivity (Wildman–Crippen MR) is 99.4 cm³/mol. The van der Waals surface area contributed by atoms with Gasteiger partial charge in [-0.1, -0.05) is 30.3 Å². The normalized spacial score (nSPS) is 14.6. The molecule has 1 unspecified atom stereocenters. The number of carbonyl (C=O) groups is 2. The third kappa shape index (κ3) is 3.55. The fourth-order valence-corrected chi connectivity index (χ4v) is 3.49. The van der Waals surface area contributed by atoms with Gasteiger partial charge in [0.1, 0.15) is 4.88 Å². The average molecular weight is 366 g/mol. The van der Waals surface area contributed by atoms with Gasteiger partial charge in [-0.3, -0.25) is 4.79 Å². The number of thiophene rings is 1. The summed E-state index contributed by atoms with van der Waals surface area (Å²) in [6.45, 7) is 0. The van der Waals surface area contributed by atoms with E-state index in [0.29, 0.717) is 10.4 Å². The maximum absolute atomic E-state index is 12.8. The number of aromatic nitrogens is 1. The molecule has 2 heterocycles. The van der Waals surface area contributed by atoms with E-state index in [9.17, 15) is 9.59 Å². The standard InChI is InChI=1S/C20H18N2O3S/c23-19(21-15-8-9-15)17(14-6-2-1-3-7-14)25-20(24)18-16(10-13-26-18)22-11-4-5-12-22/h1-7,10-13,15,17H,8-9H2,(H,21,23). The lowest BCUT2D eigenvalue weighted by atomic mass is 10.1. The molecule has 3 aromatic rings. The van der Waals surface area contributed by atoms with Crippen LogP contribution >= 0.6 is 11.3 Å². The number of ether oxygens (including phenoxy) is 1. The van der Waals surface area contributed by atoms with Crippen molar-refractivity contribution >= 4 is 23.2 Å². The van der Waals surface area contributed by atoms with E-state index in [1.807, 2.05) is 58.7 Å². The van der Waals surface area contributed by atoms with Crippen molar-refractivity contribution in [1.29, 1.82) is 0 Å². The SMILES string of the molecule is O=C(OC(C(=O)NC1CC1)c1ccccc1)c1sccc1-n1cccc1. The summed E-state index contributed by atoms with van der Waals surface area (Å²) in [6, 6.07) is 15.0. The van der Waals surface area contributed by atoms with Gasteiger partial charge in [-0.05, 0) is 36.4 Å². The van der Waals surface area contributed by atoms with Crippen molar-refractivity contribution in [3.63, 3.8) is 0 Å². The number of carbonyl (C=O) groups excluding carboxylic acids is 2. The molecule has 132 valence electrons. The second-order valence-corrected chi connectivity index (χ2v) is 7.12. The van der Waals surface area contributed by atoms with E-state index in [4.69, 9.17) is 4.74 Å². The van der Waals surface area contributed by atoms with Crippen LogP contribution < -0.4 is 5.32 Å². The summed E-state index contributed by atoms with van der Waals surface area (Å²) in [5, 5.41) is 4.77. The first-order valence-electron chi connectivity index (χ1n) is 8.49. The molecular weight excluding hydrogens is 348 g/mol. The van der Waals surface area contributed by atoms with Crippen LogP contribution in [0.2, 0.25) is 0 Å². The molecule has 1 aliphatic carbocycles. The van der Waals surface area contributed by atoms with E-state index in [0.717, 1.165) is 18.5 Å². The third-order valence-corrected chi connectivity index (χ3v) is 5.09. The monoisotopic (exact) mass is 366 g/mol. The highest BCUT2D eigenvalue weighted by atomic mass is 32.1. The summed E-state index contributed by atoms with van der Waals surface area (Å²) in [5.74, 6) is -0.769. The van der Waals surface area contributed by atoms with Gasteiger partial charge in [-0.25, -0.2) is 4.79 Å². The van der Waals surface area contributed by atoms with Crippen molar-refractivity contribution in [3.8, 4) is 5.69 Å². The van der Waals surface area contributed by atoms with E-state index in [1.165, 1.54) is 11.3 Å². The van der Waals surface area contributed by atoms with Gasteiger partial charge in [0.25, 0.3) is 5.91 Å². The van der Waals surface area contributed by atoms with Gasteiger partial charge in [0.15, 0.2) is 0 Å². The molecule has 2 aromatic heterocycles. The van der Waals surface area contributed by atoms with Gasteiger partial charge in [0.2, 0.25) is 6.10 Å². The summed E-state index contributed by atoms with van der Waals surface area (Å²) in [4.78, 5) is 25.9. The molecule has 1 saturated carbocycles. The van der Waals surface area contributed by atoms with Gasteiger partial charge >= 0.3 is 5.97 Å². The molecule has 1 N–H and O–H groups in total. The number of amides is 1. The highest BCUT2D eigenvalue weighted by Gasteiger charge is 2.31. The van der Waals surface area contributed by atoms with E-state index in [1.54, 1.807) is 12.1 Å². The molecule has 6 heteroatoms. The molecule has 1 atom stereocenters. The van der Waals surface area contributed by atoms with Crippen LogP contribution in [-0.4, -0.2) is 22.5 Å². The lowest BCUT2D eigenvalue weighted by molar-refractivity contribution is -0.130. The van der Waals surface area contributed by atoms with E-state index in [-0.39, 0.29) is 11.9 Å². The van der Waals surface area contributed by atoms with E-state index in [2.05, 4.69) is 5.32 Å². The van der Waals surface area contributed by atoms with Crippen LogP contribution in [0.5, 0.6) is 0 Å². The summed E-state index contributed by atoms with van der Waals surface area (Å²) in [6.07, 6.45) is 4.73. The number of hydrogen-bond acceptors (Lipinski definition) is 4. The second kappa shape index (κ2) is 7.17. The van der Waals surface area contributed by atoms with Gasteiger partial charge < -0.3 is 14.6 Å². The van der Waals surface area contributed by atoms with Crippen molar-refractivity contribution in [2.75, 3.05) is 0 Å². The quantitative estimate of drug-likeness (QED) is 0.677. The molecule has 1 amide bonds. The predicted octanol–water partition coefficient (Wildman–Crippen LogP) is 3.72. The van der Waals surface area contributed by atoms with Crippen LogP contribution in [0.25, 0.3) is 5.69 Å². The summed E-state index contributed by atoms with van der Waals surface area (Å²) in [7, 11) is 0. The summed E-state index contributed by atoms with van der Waals surface area (Å²) >= 11 is 1.30. The zero-order valence-corrected chi connectivity index (χ0v) is 14.8. The third-order valence-electron chi connectivity index (χ3n) is 4.20. The van der Waals surface area contributed by atoms with E-state index < -0.39 is 12.1 Å². The molecule has 1 aliphatic rings. The Morgan fingerprint density at radius 2 is 1.81 bits per heavy atom. The first-order valence-corrected chi connectivity index (χ1v) is 9.37. The Balaban J connectivity index is 1.58. The second-order valence-electron chi connectivity index (χ2n) is 6.20. The van der Waals surface area contributed by atoms with E-state index >= 15 is 0 Å². The number of benzene rings is 1. The Kier molecular flexibility index (Phi) is 4.58. The molecule has 0 aliphatic heterocycles. The average Bonchev–Trinajstić information content (AvgIpc) is 3.14. The molecule has 5 nitrogen and oxygen atoms in total. The Morgan fingerprint density at radius 1 is 1.08 bits per heavy atom. The molecule has 0 radical (unpaired) electrons. The topological polar surface area (TPSA) is 60.3 Å². The van der Waals surface area contributed by atoms with Crippen molar-refractivity contribution in [1.82, 2.24) is 9.88 Å². The smallest absolute Gasteiger partial charge is 0.351 e. The maximum atomic E-state index is 12.8. The van der Waals surface area contributed by atoms with Crippen LogP contribution in [0.15, 0.2) is 66.3 Å². The molecule has 0 saturated heterocycles. The summed E-state index contributed by atoms with van der Waals surface area (Å²) in [5.41, 5.74) is 1.41. The van der Waals surface area contributed by atoms with Crippen LogP contribution in [-0.2, 0) is 9.53 Å². The Labute approximate surface area is 155 Å². The number of rotatable bonds is 6. The van der Waals surface area contributed by atoms with Crippen LogP contribution in [0.3, 0.4) is 0 Å². The molecule has 4 rings (SSSR count). The molecule has 1 fully saturated rings. The number of esters is 1. The first kappa shape index (κ1) is 16.6. The lowest BCUT2D eigenvalue weighted by Gasteiger charge is -2.18. The highest BCUT2D eigenvalue weighted by molar-refractivity contribution is 7.12. The van der Waals surface area contributed by atoms with Crippen molar-refractivity contribution in [2.45, 2.75) is 25.0 Å². The molecule has 1 aromatic carbocycles. The Morgan fingerprint density at radius 3 is 2.50 bits per heavy atom. The lowest BCUT2D eigenvalue weighted by Crippen LogP contribution is -2.33. The van der Waals surface area contributed by atoms with Gasteiger partial charge in [-0.15, -0.1) is 11.3 Å². The maximum Gasteiger partial charge on any atom is 0.351 e. The zero-order valence-electron chi connectivity index (χ0n) is 14.0. The van der Waals surface area contributed by atoms with Crippen LogP contribution in [0.4, 0.5) is 0 Å². The largest absolute Gasteiger partial charge is 0.443 e. The highest BCUT2D eigenvalue weighted by Crippen LogP contribution is 2.27. The van der Waals surface area contributed by atoms with Crippen LogP contribution in [0, 0.1) is 0 Å². The Hall–Kier alpha value is -2.86. The van der Waals surface area contributed by atoms with Gasteiger partial charge in [0.05, 0.1) is 5.69 Å².